The zero-order valence-corrected chi connectivity index (χ0v) is 11.2. The molecular weight excluding hydrogens is 267 g/mol. The number of piperidine rings is 1. The van der Waals surface area contributed by atoms with Crippen molar-refractivity contribution in [3.05, 3.63) is 22.5 Å². The van der Waals surface area contributed by atoms with E-state index in [4.69, 9.17) is 4.74 Å². The molecule has 0 aromatic carbocycles. The van der Waals surface area contributed by atoms with Gasteiger partial charge in [-0.25, -0.2) is 4.39 Å². The van der Waals surface area contributed by atoms with E-state index in [0.717, 1.165) is 6.54 Å². The van der Waals surface area contributed by atoms with Gasteiger partial charge in [0.25, 0.3) is 0 Å². The second kappa shape index (κ2) is 4.78. The summed E-state index contributed by atoms with van der Waals surface area (Å²) < 4.78 is 21.0. The van der Waals surface area contributed by atoms with Crippen LogP contribution < -0.4 is 0 Å². The van der Waals surface area contributed by atoms with Gasteiger partial charge in [0.05, 0.1) is 29.7 Å². The first-order valence-corrected chi connectivity index (χ1v) is 6.65. The molecule has 2 unspecified atom stereocenters. The van der Waals surface area contributed by atoms with Crippen LogP contribution in [0, 0.1) is 10.1 Å². The van der Waals surface area contributed by atoms with Crippen LogP contribution in [-0.2, 0) is 4.74 Å². The molecule has 8 heteroatoms. The molecule has 0 N–H and O–H groups in total. The molecule has 0 aliphatic carbocycles. The Morgan fingerprint density at radius 2 is 2.35 bits per heavy atom. The molecule has 2 aliphatic rings. The molecule has 2 atom stereocenters. The van der Waals surface area contributed by atoms with Gasteiger partial charge in [-0.2, -0.15) is 5.10 Å². The fraction of sp³-hybridized carbons (Fsp3) is 0.750. The summed E-state index contributed by atoms with van der Waals surface area (Å²) in [4.78, 5) is 12.2. The Labute approximate surface area is 115 Å². The van der Waals surface area contributed by atoms with Crippen molar-refractivity contribution in [2.75, 3.05) is 26.3 Å². The Morgan fingerprint density at radius 1 is 1.60 bits per heavy atom. The van der Waals surface area contributed by atoms with Crippen LogP contribution in [0.5, 0.6) is 0 Å². The number of nitrogens with zero attached hydrogens (tertiary/aromatic N) is 4. The molecule has 2 fully saturated rings. The van der Waals surface area contributed by atoms with Crippen LogP contribution in [0.1, 0.15) is 19.4 Å². The van der Waals surface area contributed by atoms with Crippen molar-refractivity contribution in [2.24, 2.45) is 0 Å². The van der Waals surface area contributed by atoms with Crippen LogP contribution in [0.15, 0.2) is 12.4 Å². The third-order valence-corrected chi connectivity index (χ3v) is 4.24. The normalized spacial score (nSPS) is 29.9. The van der Waals surface area contributed by atoms with Gasteiger partial charge in [-0.05, 0) is 13.3 Å². The molecule has 0 bridgehead atoms. The molecule has 2 aliphatic heterocycles. The summed E-state index contributed by atoms with van der Waals surface area (Å²) in [6.45, 7) is 4.41. The van der Waals surface area contributed by atoms with Crippen molar-refractivity contribution in [3.8, 4) is 0 Å². The minimum absolute atomic E-state index is 0.0641. The number of aromatic nitrogens is 2. The summed E-state index contributed by atoms with van der Waals surface area (Å²) in [5.74, 6) is 0. The van der Waals surface area contributed by atoms with Crippen molar-refractivity contribution in [2.45, 2.75) is 31.1 Å². The lowest BCUT2D eigenvalue weighted by Gasteiger charge is -2.50. The third-order valence-electron chi connectivity index (χ3n) is 4.24. The monoisotopic (exact) mass is 284 g/mol. The molecule has 7 nitrogen and oxygen atoms in total. The second-order valence-corrected chi connectivity index (χ2v) is 5.74. The third kappa shape index (κ3) is 2.18. The second-order valence-electron chi connectivity index (χ2n) is 5.74. The van der Waals surface area contributed by atoms with Crippen LogP contribution >= 0.6 is 0 Å². The predicted molar refractivity (Wildman–Crippen MR) is 68.2 cm³/mol. The Balaban J connectivity index is 1.69. The van der Waals surface area contributed by atoms with Gasteiger partial charge in [0, 0.05) is 13.1 Å². The van der Waals surface area contributed by atoms with Crippen LogP contribution in [0.3, 0.4) is 0 Å². The lowest BCUT2D eigenvalue weighted by Crippen LogP contribution is -2.63. The topological polar surface area (TPSA) is 73.4 Å². The molecule has 20 heavy (non-hydrogen) atoms. The Bertz CT molecular complexity index is 517. The van der Waals surface area contributed by atoms with E-state index in [2.05, 4.69) is 16.9 Å². The Kier molecular flexibility index (Phi) is 3.21. The number of rotatable bonds is 3. The summed E-state index contributed by atoms with van der Waals surface area (Å²) in [5.41, 5.74) is -0.162. The molecule has 0 radical (unpaired) electrons. The highest BCUT2D eigenvalue weighted by atomic mass is 19.1. The number of halogens is 1. The summed E-state index contributed by atoms with van der Waals surface area (Å²) in [7, 11) is 0. The molecule has 1 aromatic rings. The van der Waals surface area contributed by atoms with E-state index in [0.29, 0.717) is 26.2 Å². The van der Waals surface area contributed by atoms with E-state index in [1.807, 2.05) is 0 Å². The standard InChI is InChI=1S/C12H17FN4O3/c1-12(7-20-8-12)15-3-2-11(10(13)6-15)16-5-9(4-14-16)17(18)19/h4-5,10-11H,2-3,6-8H2,1H3. The number of hydrogen-bond donors (Lipinski definition) is 0. The van der Waals surface area contributed by atoms with Crippen molar-refractivity contribution in [3.63, 3.8) is 0 Å². The summed E-state index contributed by atoms with van der Waals surface area (Å²) in [6.07, 6.45) is 1.98. The maximum atomic E-state index is 14.4. The summed E-state index contributed by atoms with van der Waals surface area (Å²) >= 11 is 0. The van der Waals surface area contributed by atoms with Crippen LogP contribution in [0.25, 0.3) is 0 Å². The van der Waals surface area contributed by atoms with Crippen molar-refractivity contribution < 1.29 is 14.1 Å². The number of nitro groups is 1. The minimum Gasteiger partial charge on any atom is -0.377 e. The molecular formula is C12H17FN4O3. The fourth-order valence-corrected chi connectivity index (χ4v) is 2.86. The highest BCUT2D eigenvalue weighted by molar-refractivity contribution is 5.21. The van der Waals surface area contributed by atoms with Gasteiger partial charge in [-0.3, -0.25) is 19.7 Å². The molecule has 110 valence electrons. The highest BCUT2D eigenvalue weighted by Gasteiger charge is 2.44. The molecule has 2 saturated heterocycles. The van der Waals surface area contributed by atoms with Crippen LogP contribution in [0.2, 0.25) is 0 Å². The van der Waals surface area contributed by atoms with Gasteiger partial charge >= 0.3 is 5.69 Å². The van der Waals surface area contributed by atoms with E-state index in [-0.39, 0.29) is 11.2 Å². The lowest BCUT2D eigenvalue weighted by molar-refractivity contribution is -0.385. The van der Waals surface area contributed by atoms with Crippen LogP contribution in [0.4, 0.5) is 10.1 Å². The fourth-order valence-electron chi connectivity index (χ4n) is 2.86. The number of alkyl halides is 1. The molecule has 0 saturated carbocycles. The predicted octanol–water partition coefficient (Wildman–Crippen LogP) is 1.17. The Morgan fingerprint density at radius 3 is 2.85 bits per heavy atom. The van der Waals surface area contributed by atoms with Crippen molar-refractivity contribution >= 4 is 5.69 Å². The first-order valence-electron chi connectivity index (χ1n) is 6.65. The first-order chi connectivity index (χ1) is 9.49. The number of hydrogen-bond acceptors (Lipinski definition) is 5. The SMILES string of the molecule is CC1(N2CCC(n3cc([N+](=O)[O-])cn3)C(F)C2)COC1. The van der Waals surface area contributed by atoms with Crippen molar-refractivity contribution in [1.82, 2.24) is 14.7 Å². The average molecular weight is 284 g/mol. The van der Waals surface area contributed by atoms with Gasteiger partial charge in [0.1, 0.15) is 18.6 Å². The zero-order chi connectivity index (χ0) is 14.3. The summed E-state index contributed by atoms with van der Waals surface area (Å²) in [6, 6.07) is -0.426. The zero-order valence-electron chi connectivity index (χ0n) is 11.2. The maximum Gasteiger partial charge on any atom is 0.307 e. The van der Waals surface area contributed by atoms with Gasteiger partial charge in [-0.15, -0.1) is 0 Å². The Hall–Kier alpha value is -1.54. The van der Waals surface area contributed by atoms with Gasteiger partial charge in [-0.1, -0.05) is 0 Å². The lowest BCUT2D eigenvalue weighted by atomic mass is 9.92. The molecule has 1 aromatic heterocycles. The molecule has 0 spiro atoms. The minimum atomic E-state index is -1.08. The van der Waals surface area contributed by atoms with E-state index in [1.165, 1.54) is 17.1 Å². The van der Waals surface area contributed by atoms with Crippen LogP contribution in [-0.4, -0.2) is 57.6 Å². The maximum absolute atomic E-state index is 14.4. The van der Waals surface area contributed by atoms with E-state index >= 15 is 0 Å². The van der Waals surface area contributed by atoms with E-state index in [1.54, 1.807) is 0 Å². The first kappa shape index (κ1) is 13.4. The average Bonchev–Trinajstić information content (AvgIpc) is 2.85. The molecule has 0 amide bonds. The van der Waals surface area contributed by atoms with E-state index in [9.17, 15) is 14.5 Å². The van der Waals surface area contributed by atoms with Gasteiger partial charge in [0.15, 0.2) is 0 Å². The number of likely N-dealkylation sites (tertiary alicyclic amines) is 1. The van der Waals surface area contributed by atoms with Gasteiger partial charge in [0.2, 0.25) is 0 Å². The van der Waals surface area contributed by atoms with E-state index < -0.39 is 17.1 Å². The number of ether oxygens (including phenoxy) is 1. The largest absolute Gasteiger partial charge is 0.377 e. The molecule has 3 rings (SSSR count). The van der Waals surface area contributed by atoms with Gasteiger partial charge < -0.3 is 4.74 Å². The molecule has 3 heterocycles. The highest BCUT2D eigenvalue weighted by Crippen LogP contribution is 2.33. The van der Waals surface area contributed by atoms with Crippen molar-refractivity contribution in [1.29, 1.82) is 0 Å². The summed E-state index contributed by atoms with van der Waals surface area (Å²) in [5, 5.41) is 14.6. The quantitative estimate of drug-likeness (QED) is 0.615. The smallest absolute Gasteiger partial charge is 0.307 e.